The summed E-state index contributed by atoms with van der Waals surface area (Å²) in [5.74, 6) is 0. The molecule has 0 saturated carbocycles. The van der Waals surface area contributed by atoms with Gasteiger partial charge in [-0.1, -0.05) is 6.07 Å². The Balaban J connectivity index is 2.64. The molecule has 3 aromatic heterocycles. The van der Waals surface area contributed by atoms with Gasteiger partial charge in [0.15, 0.2) is 5.65 Å². The molecule has 3 heterocycles. The summed E-state index contributed by atoms with van der Waals surface area (Å²) in [4.78, 5) is 8.05. The fraction of sp³-hybridized carbons (Fsp3) is 0. The molecule has 3 aromatic rings. The standard InChI is InChI=1S/C9H6N4/c1-2-4-13-8(3-1)7-5-10-6-11-9(7)12-13/h1-6H. The molecule has 13 heavy (non-hydrogen) atoms. The number of hydrogen-bond acceptors (Lipinski definition) is 3. The number of pyridine rings is 1. The van der Waals surface area contributed by atoms with Crippen molar-refractivity contribution in [3.8, 4) is 0 Å². The zero-order valence-corrected chi connectivity index (χ0v) is 6.75. The largest absolute Gasteiger partial charge is 0.244 e. The molecule has 4 nitrogen and oxygen atoms in total. The molecule has 0 aliphatic heterocycles. The lowest BCUT2D eigenvalue weighted by molar-refractivity contribution is 0.969. The van der Waals surface area contributed by atoms with Crippen LogP contribution in [-0.4, -0.2) is 19.6 Å². The Morgan fingerprint density at radius 2 is 2.23 bits per heavy atom. The molecular weight excluding hydrogens is 164 g/mol. The quantitative estimate of drug-likeness (QED) is 0.510. The molecule has 62 valence electrons. The van der Waals surface area contributed by atoms with Crippen molar-refractivity contribution in [2.45, 2.75) is 0 Å². The molecule has 0 aliphatic carbocycles. The van der Waals surface area contributed by atoms with Crippen LogP contribution in [0.15, 0.2) is 36.9 Å². The minimum Gasteiger partial charge on any atom is -0.244 e. The van der Waals surface area contributed by atoms with Gasteiger partial charge in [-0.05, 0) is 12.1 Å². The van der Waals surface area contributed by atoms with Crippen LogP contribution in [0.1, 0.15) is 0 Å². The molecule has 0 atom stereocenters. The van der Waals surface area contributed by atoms with Crippen LogP contribution in [0.5, 0.6) is 0 Å². The van der Waals surface area contributed by atoms with Crippen molar-refractivity contribution in [2.75, 3.05) is 0 Å². The van der Waals surface area contributed by atoms with Crippen LogP contribution >= 0.6 is 0 Å². The van der Waals surface area contributed by atoms with Gasteiger partial charge in [-0.3, -0.25) is 0 Å². The van der Waals surface area contributed by atoms with Crippen LogP contribution in [0.25, 0.3) is 16.6 Å². The van der Waals surface area contributed by atoms with E-state index < -0.39 is 0 Å². The van der Waals surface area contributed by atoms with E-state index in [1.165, 1.54) is 6.33 Å². The highest BCUT2D eigenvalue weighted by Gasteiger charge is 2.02. The van der Waals surface area contributed by atoms with Gasteiger partial charge in [0.25, 0.3) is 0 Å². The van der Waals surface area contributed by atoms with Gasteiger partial charge in [-0.15, -0.1) is 5.10 Å². The predicted octanol–water partition coefficient (Wildman–Crippen LogP) is 1.28. The van der Waals surface area contributed by atoms with Crippen molar-refractivity contribution < 1.29 is 0 Å². The Morgan fingerprint density at radius 3 is 3.23 bits per heavy atom. The Kier molecular flexibility index (Phi) is 1.14. The van der Waals surface area contributed by atoms with E-state index in [9.17, 15) is 0 Å². The van der Waals surface area contributed by atoms with Crippen LogP contribution < -0.4 is 0 Å². The van der Waals surface area contributed by atoms with Gasteiger partial charge in [0, 0.05) is 12.4 Å². The third-order valence-electron chi connectivity index (χ3n) is 2.01. The molecule has 0 unspecified atom stereocenters. The van der Waals surface area contributed by atoms with Crippen molar-refractivity contribution in [1.29, 1.82) is 0 Å². The summed E-state index contributed by atoms with van der Waals surface area (Å²) in [6.07, 6.45) is 5.19. The molecule has 0 aliphatic rings. The molecule has 0 bridgehead atoms. The molecule has 0 radical (unpaired) electrons. The number of aromatic nitrogens is 4. The first-order valence-corrected chi connectivity index (χ1v) is 3.98. The molecule has 0 amide bonds. The second kappa shape index (κ2) is 2.26. The SMILES string of the molecule is c1ccn2nc3ncncc3c2c1. The smallest absolute Gasteiger partial charge is 0.185 e. The average molecular weight is 170 g/mol. The summed E-state index contributed by atoms with van der Waals surface area (Å²) in [6, 6.07) is 5.91. The first kappa shape index (κ1) is 6.54. The number of hydrogen-bond donors (Lipinski definition) is 0. The van der Waals surface area contributed by atoms with E-state index in [1.54, 1.807) is 10.7 Å². The van der Waals surface area contributed by atoms with E-state index in [0.717, 1.165) is 16.6 Å². The van der Waals surface area contributed by atoms with Crippen LogP contribution in [0.4, 0.5) is 0 Å². The summed E-state index contributed by atoms with van der Waals surface area (Å²) in [5, 5.41) is 5.27. The second-order valence-electron chi connectivity index (χ2n) is 2.79. The first-order chi connectivity index (χ1) is 6.45. The first-order valence-electron chi connectivity index (χ1n) is 3.98. The summed E-state index contributed by atoms with van der Waals surface area (Å²) in [5.41, 5.74) is 1.78. The third-order valence-corrected chi connectivity index (χ3v) is 2.01. The molecule has 0 aromatic carbocycles. The summed E-state index contributed by atoms with van der Waals surface area (Å²) in [7, 11) is 0. The van der Waals surface area contributed by atoms with E-state index in [4.69, 9.17) is 0 Å². The fourth-order valence-corrected chi connectivity index (χ4v) is 1.42. The topological polar surface area (TPSA) is 43.1 Å². The predicted molar refractivity (Wildman–Crippen MR) is 48.3 cm³/mol. The van der Waals surface area contributed by atoms with Crippen LogP contribution in [-0.2, 0) is 0 Å². The Hall–Kier alpha value is -1.97. The van der Waals surface area contributed by atoms with E-state index in [2.05, 4.69) is 15.1 Å². The number of fused-ring (bicyclic) bond motifs is 3. The third kappa shape index (κ3) is 0.823. The van der Waals surface area contributed by atoms with Gasteiger partial charge in [-0.2, -0.15) is 0 Å². The maximum atomic E-state index is 4.28. The minimum absolute atomic E-state index is 0.737. The average Bonchev–Trinajstić information content (AvgIpc) is 2.56. The maximum absolute atomic E-state index is 4.28. The van der Waals surface area contributed by atoms with E-state index in [0.29, 0.717) is 0 Å². The minimum atomic E-state index is 0.737. The highest BCUT2D eigenvalue weighted by molar-refractivity contribution is 5.90. The molecule has 0 saturated heterocycles. The number of rotatable bonds is 0. The summed E-state index contributed by atoms with van der Waals surface area (Å²) >= 11 is 0. The van der Waals surface area contributed by atoms with E-state index >= 15 is 0 Å². The van der Waals surface area contributed by atoms with Gasteiger partial charge < -0.3 is 0 Å². The summed E-state index contributed by atoms with van der Waals surface area (Å²) in [6.45, 7) is 0. The molecule has 4 heteroatoms. The highest BCUT2D eigenvalue weighted by Crippen LogP contribution is 2.14. The fourth-order valence-electron chi connectivity index (χ4n) is 1.42. The second-order valence-corrected chi connectivity index (χ2v) is 2.79. The molecule has 3 rings (SSSR count). The van der Waals surface area contributed by atoms with E-state index in [1.807, 2.05) is 24.4 Å². The van der Waals surface area contributed by atoms with Gasteiger partial charge in [-0.25, -0.2) is 14.5 Å². The monoisotopic (exact) mass is 170 g/mol. The lowest BCUT2D eigenvalue weighted by Crippen LogP contribution is -1.82. The van der Waals surface area contributed by atoms with E-state index in [-0.39, 0.29) is 0 Å². The van der Waals surface area contributed by atoms with Gasteiger partial charge in [0.2, 0.25) is 0 Å². The lowest BCUT2D eigenvalue weighted by Gasteiger charge is -1.88. The Labute approximate surface area is 73.9 Å². The normalized spacial score (nSPS) is 11.1. The highest BCUT2D eigenvalue weighted by atomic mass is 15.2. The van der Waals surface area contributed by atoms with Gasteiger partial charge in [0.1, 0.15) is 6.33 Å². The van der Waals surface area contributed by atoms with Crippen LogP contribution in [0.2, 0.25) is 0 Å². The lowest BCUT2D eigenvalue weighted by atomic mass is 10.3. The molecule has 0 N–H and O–H groups in total. The van der Waals surface area contributed by atoms with Crippen LogP contribution in [0, 0.1) is 0 Å². The van der Waals surface area contributed by atoms with Crippen molar-refractivity contribution in [3.05, 3.63) is 36.9 Å². The Morgan fingerprint density at radius 1 is 1.23 bits per heavy atom. The van der Waals surface area contributed by atoms with Crippen molar-refractivity contribution in [2.24, 2.45) is 0 Å². The number of nitrogens with zero attached hydrogens (tertiary/aromatic N) is 4. The van der Waals surface area contributed by atoms with Gasteiger partial charge >= 0.3 is 0 Å². The Bertz CT molecular complexity index is 519. The van der Waals surface area contributed by atoms with Gasteiger partial charge in [0.05, 0.1) is 10.9 Å². The van der Waals surface area contributed by atoms with Crippen LogP contribution in [0.3, 0.4) is 0 Å². The van der Waals surface area contributed by atoms with Crippen molar-refractivity contribution >= 4 is 16.6 Å². The molecule has 0 fully saturated rings. The van der Waals surface area contributed by atoms with Crippen molar-refractivity contribution in [3.63, 3.8) is 0 Å². The zero-order valence-electron chi connectivity index (χ0n) is 6.75. The maximum Gasteiger partial charge on any atom is 0.185 e. The summed E-state index contributed by atoms with van der Waals surface area (Å²) < 4.78 is 1.80. The van der Waals surface area contributed by atoms with Crippen molar-refractivity contribution in [1.82, 2.24) is 19.6 Å². The molecule has 0 spiro atoms. The molecular formula is C9H6N4. The zero-order chi connectivity index (χ0) is 8.67.